The minimum absolute atomic E-state index is 0.0816. The summed E-state index contributed by atoms with van der Waals surface area (Å²) in [5, 5.41) is 12.3. The smallest absolute Gasteiger partial charge is 0.322 e. The third-order valence-corrected chi connectivity index (χ3v) is 5.99. The predicted octanol–water partition coefficient (Wildman–Crippen LogP) is 4.00. The molecule has 2 heterocycles. The number of pyridine rings is 1. The van der Waals surface area contributed by atoms with Crippen LogP contribution in [0.15, 0.2) is 72.9 Å². The Hall–Kier alpha value is -3.71. The van der Waals surface area contributed by atoms with Crippen LogP contribution in [0.3, 0.4) is 0 Å². The van der Waals surface area contributed by atoms with Crippen LogP contribution < -0.4 is 10.1 Å². The normalized spacial score (nSPS) is 14.8. The molecule has 0 radical (unpaired) electrons. The fourth-order valence-electron chi connectivity index (χ4n) is 4.09. The Morgan fingerprint density at radius 1 is 1.00 bits per heavy atom. The minimum atomic E-state index is -0.905. The molecule has 176 valence electrons. The summed E-state index contributed by atoms with van der Waals surface area (Å²) in [5.41, 5.74) is 3.39. The Morgan fingerprint density at radius 3 is 2.44 bits per heavy atom. The summed E-state index contributed by atoms with van der Waals surface area (Å²) >= 11 is 0. The van der Waals surface area contributed by atoms with Gasteiger partial charge in [-0.2, -0.15) is 0 Å². The zero-order valence-electron chi connectivity index (χ0n) is 19.0. The molecule has 3 aromatic rings. The van der Waals surface area contributed by atoms with Gasteiger partial charge in [-0.25, -0.2) is 0 Å². The topological polar surface area (TPSA) is 91.8 Å². The molecule has 1 aromatic heterocycles. The Bertz CT molecular complexity index is 1100. The van der Waals surface area contributed by atoms with E-state index in [1.165, 1.54) is 0 Å². The summed E-state index contributed by atoms with van der Waals surface area (Å²) in [6.07, 6.45) is 4.88. The maximum absolute atomic E-state index is 12.5. The average molecular weight is 460 g/mol. The van der Waals surface area contributed by atoms with E-state index in [1.54, 1.807) is 30.5 Å². The van der Waals surface area contributed by atoms with Crippen molar-refractivity contribution in [1.82, 2.24) is 15.2 Å². The summed E-state index contributed by atoms with van der Waals surface area (Å²) in [5.74, 6) is -0.555. The van der Waals surface area contributed by atoms with Crippen LogP contribution in [-0.4, -0.2) is 52.5 Å². The van der Waals surface area contributed by atoms with Crippen LogP contribution in [-0.2, 0) is 11.4 Å². The summed E-state index contributed by atoms with van der Waals surface area (Å²) in [6, 6.07) is 20.0. The number of aliphatic carboxylic acids is 1. The molecule has 1 aliphatic heterocycles. The zero-order valence-corrected chi connectivity index (χ0v) is 19.0. The number of rotatable bonds is 9. The maximum Gasteiger partial charge on any atom is 0.322 e. The average Bonchev–Trinajstić information content (AvgIpc) is 2.89. The van der Waals surface area contributed by atoms with Gasteiger partial charge in [-0.05, 0) is 67.9 Å². The van der Waals surface area contributed by atoms with Crippen molar-refractivity contribution in [3.8, 4) is 17.0 Å². The second-order valence-corrected chi connectivity index (χ2v) is 8.39. The molecule has 0 bridgehead atoms. The minimum Gasteiger partial charge on any atom is -0.489 e. The number of amides is 1. The van der Waals surface area contributed by atoms with Gasteiger partial charge >= 0.3 is 5.97 Å². The van der Waals surface area contributed by atoms with Crippen LogP contribution in [0.1, 0.15) is 35.2 Å². The fourth-order valence-corrected chi connectivity index (χ4v) is 4.09. The molecule has 1 atom stereocenters. The molecule has 1 aliphatic rings. The number of piperidine rings is 1. The van der Waals surface area contributed by atoms with Crippen LogP contribution in [0.25, 0.3) is 11.3 Å². The van der Waals surface area contributed by atoms with E-state index in [-0.39, 0.29) is 12.5 Å². The lowest BCUT2D eigenvalue weighted by molar-refractivity contribution is -0.143. The molecule has 0 spiro atoms. The monoisotopic (exact) mass is 459 g/mol. The van der Waals surface area contributed by atoms with Crippen molar-refractivity contribution >= 4 is 11.9 Å². The number of carbonyl (C=O) groups excluding carboxylic acids is 1. The highest BCUT2D eigenvalue weighted by atomic mass is 16.5. The summed E-state index contributed by atoms with van der Waals surface area (Å²) in [6.45, 7) is 1.97. The molecule has 2 aromatic carbocycles. The molecule has 4 rings (SSSR count). The van der Waals surface area contributed by atoms with E-state index in [0.717, 1.165) is 49.2 Å². The summed E-state index contributed by atoms with van der Waals surface area (Å²) in [7, 11) is 0. The molecular weight excluding hydrogens is 430 g/mol. The quantitative estimate of drug-likeness (QED) is 0.503. The van der Waals surface area contributed by atoms with Gasteiger partial charge in [-0.3, -0.25) is 19.5 Å². The second-order valence-electron chi connectivity index (χ2n) is 8.39. The number of hydrogen-bond acceptors (Lipinski definition) is 5. The second kappa shape index (κ2) is 11.4. The van der Waals surface area contributed by atoms with Gasteiger partial charge in [0.05, 0.1) is 5.69 Å². The number of benzene rings is 2. The summed E-state index contributed by atoms with van der Waals surface area (Å²) in [4.78, 5) is 30.6. The van der Waals surface area contributed by atoms with Gasteiger partial charge in [0.15, 0.2) is 0 Å². The lowest BCUT2D eigenvalue weighted by Crippen LogP contribution is -2.50. The third-order valence-electron chi connectivity index (χ3n) is 5.99. The maximum atomic E-state index is 12.5. The molecule has 7 heteroatoms. The SMILES string of the molecule is O=C(NCC(C(=O)O)N1CCCCC1)c1ccc(OCc2ccnc(-c3ccccc3)c2)cc1. The van der Waals surface area contributed by atoms with Gasteiger partial charge in [0, 0.05) is 23.9 Å². The molecule has 0 saturated carbocycles. The van der Waals surface area contributed by atoms with E-state index in [4.69, 9.17) is 4.74 Å². The number of carbonyl (C=O) groups is 2. The van der Waals surface area contributed by atoms with E-state index in [1.807, 2.05) is 47.4 Å². The van der Waals surface area contributed by atoms with Gasteiger partial charge in [-0.1, -0.05) is 36.8 Å². The van der Waals surface area contributed by atoms with Gasteiger partial charge in [0.2, 0.25) is 0 Å². The van der Waals surface area contributed by atoms with E-state index < -0.39 is 12.0 Å². The van der Waals surface area contributed by atoms with Crippen molar-refractivity contribution in [2.24, 2.45) is 0 Å². The van der Waals surface area contributed by atoms with E-state index in [2.05, 4.69) is 10.3 Å². The number of carboxylic acid groups (broad SMARTS) is 1. The Labute approximate surface area is 199 Å². The number of carboxylic acids is 1. The number of ether oxygens (including phenoxy) is 1. The van der Waals surface area contributed by atoms with Crippen LogP contribution in [0.4, 0.5) is 0 Å². The molecule has 7 nitrogen and oxygen atoms in total. The highest BCUT2D eigenvalue weighted by molar-refractivity contribution is 5.94. The standard InChI is InChI=1S/C27H29N3O4/c31-26(29-18-25(27(32)33)30-15-5-2-6-16-30)22-9-11-23(12-10-22)34-19-20-13-14-28-24(17-20)21-7-3-1-4-8-21/h1,3-4,7-14,17,25H,2,5-6,15-16,18-19H2,(H,29,31)(H,32,33). The number of likely N-dealkylation sites (tertiary alicyclic amines) is 1. The van der Waals surface area contributed by atoms with E-state index in [9.17, 15) is 14.7 Å². The molecular formula is C27H29N3O4. The number of nitrogens with one attached hydrogen (secondary N) is 1. The zero-order chi connectivity index (χ0) is 23.8. The van der Waals surface area contributed by atoms with Gasteiger partial charge in [-0.15, -0.1) is 0 Å². The molecule has 1 unspecified atom stereocenters. The third kappa shape index (κ3) is 6.20. The lowest BCUT2D eigenvalue weighted by atomic mass is 10.1. The Balaban J connectivity index is 1.30. The van der Waals surface area contributed by atoms with Crippen molar-refractivity contribution in [1.29, 1.82) is 0 Å². The van der Waals surface area contributed by atoms with Gasteiger partial charge < -0.3 is 15.2 Å². The largest absolute Gasteiger partial charge is 0.489 e. The number of aromatic nitrogens is 1. The highest BCUT2D eigenvalue weighted by Crippen LogP contribution is 2.19. The van der Waals surface area contributed by atoms with Crippen molar-refractivity contribution in [3.05, 3.63) is 84.1 Å². The molecule has 2 N–H and O–H groups in total. The van der Waals surface area contributed by atoms with E-state index >= 15 is 0 Å². The van der Waals surface area contributed by atoms with Gasteiger partial charge in [0.1, 0.15) is 18.4 Å². The molecule has 34 heavy (non-hydrogen) atoms. The molecule has 1 fully saturated rings. The first-order valence-electron chi connectivity index (χ1n) is 11.6. The van der Waals surface area contributed by atoms with Crippen LogP contribution >= 0.6 is 0 Å². The van der Waals surface area contributed by atoms with Crippen molar-refractivity contribution in [2.45, 2.75) is 31.9 Å². The van der Waals surface area contributed by atoms with Gasteiger partial charge in [0.25, 0.3) is 5.91 Å². The highest BCUT2D eigenvalue weighted by Gasteiger charge is 2.27. The van der Waals surface area contributed by atoms with Crippen molar-refractivity contribution < 1.29 is 19.4 Å². The first-order chi connectivity index (χ1) is 16.6. The molecule has 1 amide bonds. The first-order valence-corrected chi connectivity index (χ1v) is 11.6. The van der Waals surface area contributed by atoms with Crippen LogP contribution in [0.5, 0.6) is 5.75 Å². The first kappa shape index (κ1) is 23.4. The number of hydrogen-bond donors (Lipinski definition) is 2. The van der Waals surface area contributed by atoms with Crippen molar-refractivity contribution in [2.75, 3.05) is 19.6 Å². The van der Waals surface area contributed by atoms with Crippen LogP contribution in [0, 0.1) is 0 Å². The number of nitrogens with zero attached hydrogens (tertiary/aromatic N) is 2. The Morgan fingerprint density at radius 2 is 1.74 bits per heavy atom. The van der Waals surface area contributed by atoms with E-state index in [0.29, 0.717) is 17.9 Å². The molecule has 1 saturated heterocycles. The lowest BCUT2D eigenvalue weighted by Gasteiger charge is -2.31. The predicted molar refractivity (Wildman–Crippen MR) is 130 cm³/mol. The Kier molecular flexibility index (Phi) is 7.88. The fraction of sp³-hybridized carbons (Fsp3) is 0.296. The van der Waals surface area contributed by atoms with Crippen LogP contribution in [0.2, 0.25) is 0 Å². The van der Waals surface area contributed by atoms with Crippen molar-refractivity contribution in [3.63, 3.8) is 0 Å². The summed E-state index contributed by atoms with van der Waals surface area (Å²) < 4.78 is 5.88. The molecule has 0 aliphatic carbocycles.